The van der Waals surface area contributed by atoms with Gasteiger partial charge in [-0.05, 0) is 40.7 Å². The van der Waals surface area contributed by atoms with Crippen LogP contribution in [0.15, 0.2) is 18.2 Å². The first-order valence-corrected chi connectivity index (χ1v) is 9.12. The van der Waals surface area contributed by atoms with Crippen molar-refractivity contribution in [2.24, 2.45) is 0 Å². The van der Waals surface area contributed by atoms with Crippen LogP contribution < -0.4 is 0 Å². The fourth-order valence-corrected chi connectivity index (χ4v) is 3.26. The third-order valence-corrected chi connectivity index (χ3v) is 4.48. The van der Waals surface area contributed by atoms with Crippen molar-refractivity contribution >= 4 is 29.4 Å². The zero-order valence-corrected chi connectivity index (χ0v) is 16.9. The summed E-state index contributed by atoms with van der Waals surface area (Å²) in [5.74, 6) is -2.89. The molecule has 2 rings (SSSR count). The van der Waals surface area contributed by atoms with E-state index in [-0.39, 0.29) is 34.8 Å². The lowest BCUT2D eigenvalue weighted by atomic mass is 10.1. The number of esters is 1. The first kappa shape index (κ1) is 22.0. The van der Waals surface area contributed by atoms with E-state index >= 15 is 0 Å². The lowest BCUT2D eigenvalue weighted by Gasteiger charge is -2.32. The lowest BCUT2D eigenvalue weighted by Crippen LogP contribution is -2.48. The Morgan fingerprint density at radius 1 is 1.07 bits per heavy atom. The Hall–Kier alpha value is -3.30. The van der Waals surface area contributed by atoms with Crippen molar-refractivity contribution < 1.29 is 28.8 Å². The van der Waals surface area contributed by atoms with Crippen molar-refractivity contribution in [1.29, 1.82) is 0 Å². The maximum Gasteiger partial charge on any atom is 0.326 e. The van der Waals surface area contributed by atoms with Crippen molar-refractivity contribution in [2.75, 3.05) is 6.54 Å². The van der Waals surface area contributed by atoms with Crippen LogP contribution in [0.2, 0.25) is 0 Å². The summed E-state index contributed by atoms with van der Waals surface area (Å²) in [7, 11) is 0. The Kier molecular flexibility index (Phi) is 6.35. The number of imide groups is 1. The fraction of sp³-hybridized carbons (Fsp3) is 0.474. The van der Waals surface area contributed by atoms with E-state index in [1.165, 1.54) is 13.0 Å². The van der Waals surface area contributed by atoms with E-state index in [1.54, 1.807) is 4.90 Å². The molecule has 0 spiro atoms. The van der Waals surface area contributed by atoms with Gasteiger partial charge < -0.3 is 9.64 Å². The Morgan fingerprint density at radius 2 is 1.62 bits per heavy atom. The van der Waals surface area contributed by atoms with Crippen LogP contribution in [0.3, 0.4) is 0 Å². The number of non-ortho nitro benzene ring substituents is 1. The second kappa shape index (κ2) is 8.38. The molecule has 0 unspecified atom stereocenters. The van der Waals surface area contributed by atoms with E-state index in [2.05, 4.69) is 0 Å². The molecule has 156 valence electrons. The average Bonchev–Trinajstić information content (AvgIpc) is 2.85. The van der Waals surface area contributed by atoms with Crippen molar-refractivity contribution in [3.05, 3.63) is 39.4 Å². The average molecular weight is 405 g/mol. The minimum absolute atomic E-state index is 0.0247. The van der Waals surface area contributed by atoms with Crippen molar-refractivity contribution in [1.82, 2.24) is 9.80 Å². The van der Waals surface area contributed by atoms with Crippen LogP contribution in [0.25, 0.3) is 0 Å². The van der Waals surface area contributed by atoms with Crippen LogP contribution in [0.1, 0.15) is 55.3 Å². The molecule has 3 amide bonds. The number of carbonyl (C=O) groups excluding carboxylic acids is 4. The monoisotopic (exact) mass is 405 g/mol. The quantitative estimate of drug-likeness (QED) is 0.293. The number of ether oxygens (including phenoxy) is 1. The molecule has 0 saturated carbocycles. The van der Waals surface area contributed by atoms with Gasteiger partial charge in [-0.15, -0.1) is 0 Å². The molecule has 0 fully saturated rings. The fourth-order valence-electron chi connectivity index (χ4n) is 3.26. The molecule has 0 saturated heterocycles. The van der Waals surface area contributed by atoms with Crippen LogP contribution in [0.4, 0.5) is 5.69 Å². The van der Waals surface area contributed by atoms with Crippen molar-refractivity contribution in [3.63, 3.8) is 0 Å². The third kappa shape index (κ3) is 4.41. The van der Waals surface area contributed by atoms with E-state index < -0.39 is 35.4 Å². The minimum Gasteiger partial charge on any atom is -0.451 e. The summed E-state index contributed by atoms with van der Waals surface area (Å²) in [6.07, 6.45) is -1.09. The molecule has 10 nitrogen and oxygen atoms in total. The van der Waals surface area contributed by atoms with Gasteiger partial charge in [0.1, 0.15) is 6.54 Å². The summed E-state index contributed by atoms with van der Waals surface area (Å²) in [5, 5.41) is 10.9. The number of rotatable bonds is 7. The highest BCUT2D eigenvalue weighted by Crippen LogP contribution is 2.26. The van der Waals surface area contributed by atoms with Gasteiger partial charge in [-0.2, -0.15) is 0 Å². The SMILES string of the molecule is CC(C)N(C(=O)[C@H](C)OC(=O)CN1C(=O)c2ccc([N+](=O)[O-])cc2C1=O)C(C)C. The highest BCUT2D eigenvalue weighted by atomic mass is 16.6. The number of benzene rings is 1. The van der Waals surface area contributed by atoms with E-state index in [9.17, 15) is 29.3 Å². The molecular weight excluding hydrogens is 382 g/mol. The van der Waals surface area contributed by atoms with Gasteiger partial charge in [-0.3, -0.25) is 34.2 Å². The highest BCUT2D eigenvalue weighted by Gasteiger charge is 2.39. The first-order valence-electron chi connectivity index (χ1n) is 9.12. The first-order chi connectivity index (χ1) is 13.5. The number of nitrogens with zero attached hydrogens (tertiary/aromatic N) is 3. The maximum atomic E-state index is 12.5. The Morgan fingerprint density at radius 3 is 2.14 bits per heavy atom. The maximum absolute atomic E-state index is 12.5. The summed E-state index contributed by atoms with van der Waals surface area (Å²) in [5.41, 5.74) is -0.508. The van der Waals surface area contributed by atoms with Gasteiger partial charge in [0.05, 0.1) is 16.1 Å². The Balaban J connectivity index is 2.09. The lowest BCUT2D eigenvalue weighted by molar-refractivity contribution is -0.384. The molecule has 1 aromatic carbocycles. The summed E-state index contributed by atoms with van der Waals surface area (Å²) < 4.78 is 5.13. The largest absolute Gasteiger partial charge is 0.451 e. The number of nitro benzene ring substituents is 1. The van der Waals surface area contributed by atoms with E-state index in [0.717, 1.165) is 12.1 Å². The van der Waals surface area contributed by atoms with Crippen LogP contribution in [0, 0.1) is 10.1 Å². The molecule has 0 aromatic heterocycles. The van der Waals surface area contributed by atoms with Gasteiger partial charge in [0.25, 0.3) is 23.4 Å². The number of carbonyl (C=O) groups is 4. The predicted octanol–water partition coefficient (Wildman–Crippen LogP) is 1.77. The van der Waals surface area contributed by atoms with E-state index in [0.29, 0.717) is 4.90 Å². The van der Waals surface area contributed by atoms with E-state index in [4.69, 9.17) is 4.74 Å². The molecule has 1 aliphatic rings. The molecule has 0 aliphatic carbocycles. The topological polar surface area (TPSA) is 127 Å². The molecule has 1 heterocycles. The molecule has 1 atom stereocenters. The highest BCUT2D eigenvalue weighted by molar-refractivity contribution is 6.22. The molecule has 29 heavy (non-hydrogen) atoms. The van der Waals surface area contributed by atoms with Crippen LogP contribution in [-0.4, -0.2) is 63.1 Å². The molecule has 1 aliphatic heterocycles. The minimum atomic E-state index is -1.09. The summed E-state index contributed by atoms with van der Waals surface area (Å²) in [6, 6.07) is 3.08. The van der Waals surface area contributed by atoms with Gasteiger partial charge in [0, 0.05) is 24.2 Å². The standard InChI is InChI=1S/C19H23N3O7/c1-10(2)21(11(3)4)17(24)12(5)29-16(23)9-20-18(25)14-7-6-13(22(27)28)8-15(14)19(20)26/h6-8,10-12H,9H2,1-5H3/t12-/m0/s1. The van der Waals surface area contributed by atoms with Crippen molar-refractivity contribution in [2.45, 2.75) is 52.8 Å². The third-order valence-electron chi connectivity index (χ3n) is 4.48. The number of hydrogen-bond acceptors (Lipinski definition) is 7. The number of nitro groups is 1. The number of hydrogen-bond donors (Lipinski definition) is 0. The predicted molar refractivity (Wildman–Crippen MR) is 101 cm³/mol. The summed E-state index contributed by atoms with van der Waals surface area (Å²) >= 11 is 0. The summed E-state index contributed by atoms with van der Waals surface area (Å²) in [6.45, 7) is 8.08. The molecule has 1 aromatic rings. The zero-order chi connectivity index (χ0) is 22.0. The van der Waals surface area contributed by atoms with Crippen LogP contribution in [-0.2, 0) is 14.3 Å². The van der Waals surface area contributed by atoms with Gasteiger partial charge in [-0.1, -0.05) is 0 Å². The second-order valence-electron chi connectivity index (χ2n) is 7.25. The van der Waals surface area contributed by atoms with Crippen LogP contribution in [0.5, 0.6) is 0 Å². The van der Waals surface area contributed by atoms with Gasteiger partial charge in [0.2, 0.25) is 0 Å². The Labute approximate surface area is 167 Å². The Bertz CT molecular complexity index is 871. The molecular formula is C19H23N3O7. The van der Waals surface area contributed by atoms with Gasteiger partial charge in [0.15, 0.2) is 6.10 Å². The smallest absolute Gasteiger partial charge is 0.326 e. The second-order valence-corrected chi connectivity index (χ2v) is 7.25. The van der Waals surface area contributed by atoms with E-state index in [1.807, 2.05) is 27.7 Å². The zero-order valence-electron chi connectivity index (χ0n) is 16.9. The molecule has 0 N–H and O–H groups in total. The van der Waals surface area contributed by atoms with Gasteiger partial charge >= 0.3 is 5.97 Å². The molecule has 0 radical (unpaired) electrons. The number of amides is 3. The molecule has 0 bridgehead atoms. The number of fused-ring (bicyclic) bond motifs is 1. The van der Waals surface area contributed by atoms with Crippen LogP contribution >= 0.6 is 0 Å². The van der Waals surface area contributed by atoms with Gasteiger partial charge in [-0.25, -0.2) is 0 Å². The van der Waals surface area contributed by atoms with Crippen molar-refractivity contribution in [3.8, 4) is 0 Å². The molecule has 10 heteroatoms. The summed E-state index contributed by atoms with van der Waals surface area (Å²) in [4.78, 5) is 62.0. The normalized spacial score (nSPS) is 14.2.